The number of thiophene rings is 1. The number of nitro groups is 2. The third-order valence-corrected chi connectivity index (χ3v) is 5.72. The summed E-state index contributed by atoms with van der Waals surface area (Å²) >= 11 is 1.11. The van der Waals surface area contributed by atoms with Crippen LogP contribution >= 0.6 is 11.3 Å². The standard InChI is InChI=1S/C23H21N3O8S/c1-3-33-17-9-6-14(7-10-17)18-13-35-22(21(18)23(28)34-4-2)24-20(27)11-15-5-8-16(25(29)30)12-19(15)26(31)32/h5-10,12-13H,3-4,11H2,1-2H3,(H,24,27). The van der Waals surface area contributed by atoms with Gasteiger partial charge >= 0.3 is 5.97 Å². The molecule has 1 N–H and O–H groups in total. The van der Waals surface area contributed by atoms with Gasteiger partial charge in [-0.1, -0.05) is 12.1 Å². The van der Waals surface area contributed by atoms with Crippen LogP contribution in [0.4, 0.5) is 16.4 Å². The van der Waals surface area contributed by atoms with Gasteiger partial charge in [-0.3, -0.25) is 25.0 Å². The first-order chi connectivity index (χ1) is 16.7. The lowest BCUT2D eigenvalue weighted by Crippen LogP contribution is -2.17. The van der Waals surface area contributed by atoms with Crippen LogP contribution in [-0.2, 0) is 16.0 Å². The maximum atomic E-state index is 12.7. The van der Waals surface area contributed by atoms with Gasteiger partial charge in [-0.15, -0.1) is 11.3 Å². The summed E-state index contributed by atoms with van der Waals surface area (Å²) in [6.45, 7) is 4.16. The number of ether oxygens (including phenoxy) is 2. The van der Waals surface area contributed by atoms with Crippen LogP contribution in [0.25, 0.3) is 11.1 Å². The van der Waals surface area contributed by atoms with Crippen molar-refractivity contribution < 1.29 is 28.9 Å². The van der Waals surface area contributed by atoms with E-state index in [0.29, 0.717) is 23.5 Å². The largest absolute Gasteiger partial charge is 0.494 e. The predicted molar refractivity (Wildman–Crippen MR) is 129 cm³/mol. The fourth-order valence-electron chi connectivity index (χ4n) is 3.29. The summed E-state index contributed by atoms with van der Waals surface area (Å²) in [5.41, 5.74) is 0.420. The van der Waals surface area contributed by atoms with Crippen molar-refractivity contribution in [2.75, 3.05) is 18.5 Å². The quantitative estimate of drug-likeness (QED) is 0.233. The highest BCUT2D eigenvalue weighted by Gasteiger charge is 2.25. The minimum Gasteiger partial charge on any atom is -0.494 e. The van der Waals surface area contributed by atoms with E-state index in [4.69, 9.17) is 9.47 Å². The van der Waals surface area contributed by atoms with Crippen molar-refractivity contribution in [3.05, 3.63) is 79.2 Å². The molecule has 3 aromatic rings. The molecule has 0 spiro atoms. The summed E-state index contributed by atoms with van der Waals surface area (Å²) in [4.78, 5) is 46.2. The van der Waals surface area contributed by atoms with Crippen molar-refractivity contribution in [2.24, 2.45) is 0 Å². The first-order valence-electron chi connectivity index (χ1n) is 10.5. The number of carbonyl (C=O) groups is 2. The van der Waals surface area contributed by atoms with Gasteiger partial charge < -0.3 is 14.8 Å². The molecular formula is C23H21N3O8S. The fraction of sp³-hybridized carbons (Fsp3) is 0.217. The number of nitrogens with zero attached hydrogens (tertiary/aromatic N) is 2. The van der Waals surface area contributed by atoms with E-state index in [1.807, 2.05) is 6.92 Å². The highest BCUT2D eigenvalue weighted by atomic mass is 32.1. The van der Waals surface area contributed by atoms with Gasteiger partial charge in [0, 0.05) is 22.6 Å². The van der Waals surface area contributed by atoms with E-state index in [0.717, 1.165) is 23.5 Å². The Bertz CT molecular complexity index is 1270. The lowest BCUT2D eigenvalue weighted by molar-refractivity contribution is -0.394. The van der Waals surface area contributed by atoms with E-state index in [9.17, 15) is 29.8 Å². The van der Waals surface area contributed by atoms with Gasteiger partial charge in [0.25, 0.3) is 11.4 Å². The molecule has 0 saturated heterocycles. The van der Waals surface area contributed by atoms with Crippen LogP contribution in [0.1, 0.15) is 29.8 Å². The highest BCUT2D eigenvalue weighted by Crippen LogP contribution is 2.37. The van der Waals surface area contributed by atoms with E-state index in [1.54, 1.807) is 36.6 Å². The molecule has 182 valence electrons. The molecule has 0 aliphatic rings. The Kier molecular flexibility index (Phi) is 8.10. The molecule has 1 aromatic heterocycles. The highest BCUT2D eigenvalue weighted by molar-refractivity contribution is 7.15. The van der Waals surface area contributed by atoms with Gasteiger partial charge in [-0.05, 0) is 37.6 Å². The average Bonchev–Trinajstić information content (AvgIpc) is 3.23. The molecule has 0 fully saturated rings. The van der Waals surface area contributed by atoms with Crippen LogP contribution in [0.3, 0.4) is 0 Å². The molecule has 1 heterocycles. The second kappa shape index (κ2) is 11.2. The van der Waals surface area contributed by atoms with Crippen molar-refractivity contribution in [1.82, 2.24) is 0 Å². The molecular weight excluding hydrogens is 478 g/mol. The molecule has 2 aromatic carbocycles. The topological polar surface area (TPSA) is 151 Å². The van der Waals surface area contributed by atoms with E-state index in [1.165, 1.54) is 6.07 Å². The molecule has 35 heavy (non-hydrogen) atoms. The van der Waals surface area contributed by atoms with Crippen molar-refractivity contribution in [2.45, 2.75) is 20.3 Å². The van der Waals surface area contributed by atoms with Crippen LogP contribution in [0.5, 0.6) is 5.75 Å². The summed E-state index contributed by atoms with van der Waals surface area (Å²) in [5.74, 6) is -0.593. The van der Waals surface area contributed by atoms with Crippen molar-refractivity contribution in [3.8, 4) is 16.9 Å². The van der Waals surface area contributed by atoms with Crippen molar-refractivity contribution in [3.63, 3.8) is 0 Å². The second-order valence-electron chi connectivity index (χ2n) is 7.08. The Balaban J connectivity index is 1.90. The van der Waals surface area contributed by atoms with E-state index >= 15 is 0 Å². The maximum Gasteiger partial charge on any atom is 0.341 e. The molecule has 0 aliphatic carbocycles. The predicted octanol–water partition coefficient (Wildman–Crippen LogP) is 4.99. The third-order valence-electron chi connectivity index (χ3n) is 4.83. The minimum absolute atomic E-state index is 0.000854. The molecule has 3 rings (SSSR count). The van der Waals surface area contributed by atoms with Gasteiger partial charge in [-0.25, -0.2) is 4.79 Å². The zero-order valence-corrected chi connectivity index (χ0v) is 19.6. The Labute approximate surface area is 203 Å². The Morgan fingerprint density at radius 1 is 1.00 bits per heavy atom. The normalized spacial score (nSPS) is 10.5. The number of esters is 1. The molecule has 0 aliphatic heterocycles. The number of amides is 1. The number of nitrogens with one attached hydrogen (secondary N) is 1. The van der Waals surface area contributed by atoms with Gasteiger partial charge in [-0.2, -0.15) is 0 Å². The lowest BCUT2D eigenvalue weighted by Gasteiger charge is -2.10. The number of anilines is 1. The summed E-state index contributed by atoms with van der Waals surface area (Å²) < 4.78 is 10.6. The zero-order chi connectivity index (χ0) is 25.5. The first kappa shape index (κ1) is 25.3. The number of nitro benzene ring substituents is 2. The number of carbonyl (C=O) groups excluding carboxylic acids is 2. The van der Waals surface area contributed by atoms with Crippen molar-refractivity contribution >= 4 is 39.6 Å². The maximum absolute atomic E-state index is 12.7. The lowest BCUT2D eigenvalue weighted by atomic mass is 10.0. The summed E-state index contributed by atoms with van der Waals surface area (Å²) in [7, 11) is 0. The molecule has 0 radical (unpaired) electrons. The Hall–Kier alpha value is -4.32. The molecule has 11 nitrogen and oxygen atoms in total. The second-order valence-corrected chi connectivity index (χ2v) is 7.96. The van der Waals surface area contributed by atoms with Crippen molar-refractivity contribution in [1.29, 1.82) is 0 Å². The van der Waals surface area contributed by atoms with E-state index < -0.39 is 39.5 Å². The molecule has 0 bridgehead atoms. The molecule has 1 amide bonds. The smallest absolute Gasteiger partial charge is 0.341 e. The monoisotopic (exact) mass is 499 g/mol. The Morgan fingerprint density at radius 3 is 2.31 bits per heavy atom. The number of rotatable bonds is 10. The number of hydrogen-bond acceptors (Lipinski definition) is 9. The zero-order valence-electron chi connectivity index (χ0n) is 18.8. The van der Waals surface area contributed by atoms with Crippen LogP contribution in [0.2, 0.25) is 0 Å². The van der Waals surface area contributed by atoms with Gasteiger partial charge in [0.15, 0.2) is 0 Å². The summed E-state index contributed by atoms with van der Waals surface area (Å²) in [6, 6.07) is 10.1. The van der Waals surface area contributed by atoms with Gasteiger partial charge in [0.05, 0.1) is 35.5 Å². The number of hydrogen-bond donors (Lipinski definition) is 1. The summed E-state index contributed by atoms with van der Waals surface area (Å²) in [5, 5.41) is 26.8. The van der Waals surface area contributed by atoms with Crippen LogP contribution < -0.4 is 10.1 Å². The number of benzene rings is 2. The average molecular weight is 500 g/mol. The molecule has 0 atom stereocenters. The third kappa shape index (κ3) is 5.98. The molecule has 0 unspecified atom stereocenters. The van der Waals surface area contributed by atoms with Crippen LogP contribution in [0, 0.1) is 20.2 Å². The van der Waals surface area contributed by atoms with Crippen LogP contribution in [-0.4, -0.2) is 34.9 Å². The van der Waals surface area contributed by atoms with Gasteiger partial charge in [0.1, 0.15) is 16.3 Å². The number of non-ortho nitro benzene ring substituents is 1. The van der Waals surface area contributed by atoms with Gasteiger partial charge in [0.2, 0.25) is 5.91 Å². The van der Waals surface area contributed by atoms with E-state index in [2.05, 4.69) is 5.32 Å². The minimum atomic E-state index is -0.783. The summed E-state index contributed by atoms with van der Waals surface area (Å²) in [6.07, 6.45) is -0.424. The molecule has 0 saturated carbocycles. The first-order valence-corrected chi connectivity index (χ1v) is 11.4. The van der Waals surface area contributed by atoms with E-state index in [-0.39, 0.29) is 22.7 Å². The fourth-order valence-corrected chi connectivity index (χ4v) is 4.27. The molecule has 12 heteroatoms. The Morgan fingerprint density at radius 2 is 1.71 bits per heavy atom. The van der Waals surface area contributed by atoms with Crippen LogP contribution in [0.15, 0.2) is 47.8 Å². The SMILES string of the molecule is CCOC(=O)c1c(-c2ccc(OCC)cc2)csc1NC(=O)Cc1ccc([N+](=O)[O-])cc1[N+](=O)[O-].